The molecular weight excluding hydrogens is 374 g/mol. The lowest BCUT2D eigenvalue weighted by molar-refractivity contribution is 0.178. The van der Waals surface area contributed by atoms with Gasteiger partial charge in [0.05, 0.1) is 5.39 Å². The Morgan fingerprint density at radius 2 is 2.18 bits per heavy atom. The van der Waals surface area contributed by atoms with Crippen LogP contribution in [0.3, 0.4) is 0 Å². The van der Waals surface area contributed by atoms with Crippen molar-refractivity contribution in [2.45, 2.75) is 25.5 Å². The molecule has 1 fully saturated rings. The minimum absolute atomic E-state index is 0.0956. The number of nitrogens with one attached hydrogen (secondary N) is 1. The van der Waals surface area contributed by atoms with Gasteiger partial charge in [-0.3, -0.25) is 0 Å². The van der Waals surface area contributed by atoms with Crippen LogP contribution in [-0.4, -0.2) is 47.1 Å². The van der Waals surface area contributed by atoms with Crippen LogP contribution in [0.2, 0.25) is 0 Å². The van der Waals surface area contributed by atoms with Gasteiger partial charge in [0.2, 0.25) is 0 Å². The number of anilines is 1. The lowest BCUT2D eigenvalue weighted by atomic mass is 10.0. The fraction of sp³-hybridized carbons (Fsp3) is 0.350. The van der Waals surface area contributed by atoms with E-state index in [4.69, 9.17) is 15.5 Å². The van der Waals surface area contributed by atoms with Gasteiger partial charge >= 0.3 is 6.03 Å². The number of thiophene rings is 1. The third-order valence-corrected chi connectivity index (χ3v) is 5.78. The maximum absolute atomic E-state index is 11.6. The van der Waals surface area contributed by atoms with Crippen LogP contribution in [0.1, 0.15) is 18.7 Å². The Hall–Kier alpha value is -2.71. The summed E-state index contributed by atoms with van der Waals surface area (Å²) in [6.45, 7) is 1.63. The zero-order chi connectivity index (χ0) is 19.5. The maximum atomic E-state index is 11.6. The van der Waals surface area contributed by atoms with E-state index >= 15 is 0 Å². The third kappa shape index (κ3) is 3.79. The van der Waals surface area contributed by atoms with E-state index in [1.165, 1.54) is 0 Å². The maximum Gasteiger partial charge on any atom is 0.314 e. The Morgan fingerprint density at radius 3 is 2.93 bits per heavy atom. The fourth-order valence-electron chi connectivity index (χ4n) is 3.60. The molecule has 2 amide bonds. The summed E-state index contributed by atoms with van der Waals surface area (Å²) in [5.41, 5.74) is 7.71. The summed E-state index contributed by atoms with van der Waals surface area (Å²) in [5.74, 6) is 1.43. The first kappa shape index (κ1) is 18.6. The third-order valence-electron chi connectivity index (χ3n) is 4.91. The molecule has 1 aromatic carbocycles. The van der Waals surface area contributed by atoms with Gasteiger partial charge in [-0.05, 0) is 18.4 Å². The molecule has 0 bridgehead atoms. The number of piperidine rings is 1. The number of primary amides is 1. The molecule has 0 radical (unpaired) electrons. The first-order chi connectivity index (χ1) is 13.7. The molecule has 1 saturated heterocycles. The van der Waals surface area contributed by atoms with Gasteiger partial charge in [-0.25, -0.2) is 14.8 Å². The summed E-state index contributed by atoms with van der Waals surface area (Å²) >= 11 is 1.60. The summed E-state index contributed by atoms with van der Waals surface area (Å²) < 4.78 is 5.24. The second kappa shape index (κ2) is 8.12. The number of methoxy groups -OCH3 is 1. The number of hydrogen-bond donors (Lipinski definition) is 2. The molecule has 1 aliphatic heterocycles. The SMILES string of the molecule is COCc1nc(NC2CCCN(C(N)=O)C2)c2c(-c3ccccc3)csc2n1. The Morgan fingerprint density at radius 1 is 1.36 bits per heavy atom. The van der Waals surface area contributed by atoms with Gasteiger partial charge in [-0.1, -0.05) is 30.3 Å². The van der Waals surface area contributed by atoms with Crippen LogP contribution in [-0.2, 0) is 11.3 Å². The van der Waals surface area contributed by atoms with Crippen LogP contribution < -0.4 is 11.1 Å². The smallest absolute Gasteiger partial charge is 0.314 e. The van der Waals surface area contributed by atoms with Crippen molar-refractivity contribution in [1.29, 1.82) is 0 Å². The highest BCUT2D eigenvalue weighted by molar-refractivity contribution is 7.17. The number of carbonyl (C=O) groups excluding carboxylic acids is 1. The number of aromatic nitrogens is 2. The quantitative estimate of drug-likeness (QED) is 0.688. The van der Waals surface area contributed by atoms with Crippen LogP contribution in [0.15, 0.2) is 35.7 Å². The number of carbonyl (C=O) groups is 1. The second-order valence-electron chi connectivity index (χ2n) is 6.88. The molecule has 1 atom stereocenters. The van der Waals surface area contributed by atoms with E-state index in [2.05, 4.69) is 27.8 Å². The second-order valence-corrected chi connectivity index (χ2v) is 7.74. The highest BCUT2D eigenvalue weighted by Crippen LogP contribution is 2.37. The number of nitrogens with two attached hydrogens (primary N) is 1. The number of nitrogens with zero attached hydrogens (tertiary/aromatic N) is 3. The zero-order valence-electron chi connectivity index (χ0n) is 15.7. The van der Waals surface area contributed by atoms with E-state index in [0.29, 0.717) is 25.5 Å². The summed E-state index contributed by atoms with van der Waals surface area (Å²) in [4.78, 5) is 23.6. The zero-order valence-corrected chi connectivity index (χ0v) is 16.5. The molecule has 4 rings (SSSR count). The van der Waals surface area contributed by atoms with E-state index < -0.39 is 0 Å². The molecule has 28 heavy (non-hydrogen) atoms. The highest BCUT2D eigenvalue weighted by Gasteiger charge is 2.24. The van der Waals surface area contributed by atoms with E-state index in [-0.39, 0.29) is 12.1 Å². The molecule has 8 heteroatoms. The molecule has 7 nitrogen and oxygen atoms in total. The highest BCUT2D eigenvalue weighted by atomic mass is 32.1. The number of fused-ring (bicyclic) bond motifs is 1. The average Bonchev–Trinajstić information content (AvgIpc) is 3.13. The van der Waals surface area contributed by atoms with Gasteiger partial charge in [-0.2, -0.15) is 0 Å². The van der Waals surface area contributed by atoms with E-state index in [1.807, 2.05) is 18.2 Å². The predicted octanol–water partition coefficient (Wildman–Crippen LogP) is 3.46. The van der Waals surface area contributed by atoms with Crippen molar-refractivity contribution in [2.24, 2.45) is 5.73 Å². The normalized spacial score (nSPS) is 17.0. The first-order valence-electron chi connectivity index (χ1n) is 9.29. The monoisotopic (exact) mass is 397 g/mol. The standard InChI is InChI=1S/C20H23N5O2S/c1-27-11-16-23-18(22-14-8-5-9-25(10-14)20(21)26)17-15(12-28-19(17)24-16)13-6-3-2-4-7-13/h2-4,6-7,12,14H,5,8-11H2,1H3,(H2,21,26)(H,22,23,24). The van der Waals surface area contributed by atoms with Gasteiger partial charge in [0, 0.05) is 37.2 Å². The minimum atomic E-state index is -0.375. The average molecular weight is 398 g/mol. The summed E-state index contributed by atoms with van der Waals surface area (Å²) in [7, 11) is 1.64. The van der Waals surface area contributed by atoms with Gasteiger partial charge in [0.25, 0.3) is 0 Å². The van der Waals surface area contributed by atoms with E-state index in [9.17, 15) is 4.79 Å². The van der Waals surface area contributed by atoms with Crippen molar-refractivity contribution in [3.8, 4) is 11.1 Å². The molecule has 0 saturated carbocycles. The van der Waals surface area contributed by atoms with Crippen molar-refractivity contribution < 1.29 is 9.53 Å². The summed E-state index contributed by atoms with van der Waals surface area (Å²) in [6.07, 6.45) is 1.87. The van der Waals surface area contributed by atoms with Crippen molar-refractivity contribution in [2.75, 3.05) is 25.5 Å². The minimum Gasteiger partial charge on any atom is -0.377 e. The van der Waals surface area contributed by atoms with Crippen molar-refractivity contribution >= 4 is 33.4 Å². The topological polar surface area (TPSA) is 93.4 Å². The lowest BCUT2D eigenvalue weighted by Crippen LogP contribution is -2.47. The van der Waals surface area contributed by atoms with Gasteiger partial charge in [0.1, 0.15) is 17.3 Å². The Labute approximate surface area is 167 Å². The van der Waals surface area contributed by atoms with E-state index in [1.54, 1.807) is 23.3 Å². The molecule has 3 aromatic rings. The molecule has 3 N–H and O–H groups in total. The van der Waals surface area contributed by atoms with Gasteiger partial charge < -0.3 is 20.7 Å². The fourth-order valence-corrected chi connectivity index (χ4v) is 4.57. The molecule has 1 unspecified atom stereocenters. The molecule has 1 aliphatic rings. The predicted molar refractivity (Wildman–Crippen MR) is 111 cm³/mol. The number of amides is 2. The number of benzene rings is 1. The molecule has 2 aromatic heterocycles. The molecular formula is C20H23N5O2S. The van der Waals surface area contributed by atoms with Crippen LogP contribution in [0, 0.1) is 0 Å². The number of likely N-dealkylation sites (tertiary alicyclic amines) is 1. The Balaban J connectivity index is 1.74. The van der Waals surface area contributed by atoms with Crippen molar-refractivity contribution in [1.82, 2.24) is 14.9 Å². The van der Waals surface area contributed by atoms with Crippen LogP contribution >= 0.6 is 11.3 Å². The Kier molecular flexibility index (Phi) is 5.40. The van der Waals surface area contributed by atoms with Gasteiger partial charge in [0.15, 0.2) is 5.82 Å². The summed E-state index contributed by atoms with van der Waals surface area (Å²) in [5, 5.41) is 6.68. The van der Waals surface area contributed by atoms with Crippen molar-refractivity contribution in [3.63, 3.8) is 0 Å². The largest absolute Gasteiger partial charge is 0.377 e. The van der Waals surface area contributed by atoms with Gasteiger partial charge in [-0.15, -0.1) is 11.3 Å². The number of ether oxygens (including phenoxy) is 1. The van der Waals surface area contributed by atoms with Crippen LogP contribution in [0.4, 0.5) is 10.6 Å². The molecule has 3 heterocycles. The first-order valence-corrected chi connectivity index (χ1v) is 10.2. The van der Waals surface area contributed by atoms with Crippen LogP contribution in [0.5, 0.6) is 0 Å². The van der Waals surface area contributed by atoms with Crippen LogP contribution in [0.25, 0.3) is 21.3 Å². The lowest BCUT2D eigenvalue weighted by Gasteiger charge is -2.32. The van der Waals surface area contributed by atoms with E-state index in [0.717, 1.165) is 40.0 Å². The number of hydrogen-bond acceptors (Lipinski definition) is 6. The Bertz CT molecular complexity index is 975. The van der Waals surface area contributed by atoms with Crippen molar-refractivity contribution in [3.05, 3.63) is 41.5 Å². The molecule has 0 spiro atoms. The molecule has 0 aliphatic carbocycles. The summed E-state index contributed by atoms with van der Waals surface area (Å²) in [6, 6.07) is 9.95. The number of rotatable bonds is 5. The molecule has 146 valence electrons. The number of urea groups is 1.